The lowest BCUT2D eigenvalue weighted by Gasteiger charge is -2.24. The molecule has 1 fully saturated rings. The molecule has 23 heavy (non-hydrogen) atoms. The molecule has 1 aliphatic carbocycles. The first-order valence-corrected chi connectivity index (χ1v) is 8.11. The highest BCUT2D eigenvalue weighted by atomic mass is 16.2. The molecule has 0 aliphatic heterocycles. The van der Waals surface area contributed by atoms with E-state index in [4.69, 9.17) is 0 Å². The summed E-state index contributed by atoms with van der Waals surface area (Å²) in [6, 6.07) is 0.305. The third-order valence-corrected chi connectivity index (χ3v) is 4.52. The van der Waals surface area contributed by atoms with Gasteiger partial charge in [0.2, 0.25) is 0 Å². The lowest BCUT2D eigenvalue weighted by Crippen LogP contribution is -2.40. The van der Waals surface area contributed by atoms with E-state index in [2.05, 4.69) is 18.1 Å². The summed E-state index contributed by atoms with van der Waals surface area (Å²) in [4.78, 5) is 29.6. The topological polar surface area (TPSA) is 61.8 Å². The van der Waals surface area contributed by atoms with Crippen LogP contribution in [0.2, 0.25) is 0 Å². The molecule has 2 aromatic heterocycles. The molecule has 0 amide bonds. The van der Waals surface area contributed by atoms with E-state index in [1.807, 2.05) is 4.57 Å². The van der Waals surface area contributed by atoms with Crippen LogP contribution in [0.4, 0.5) is 0 Å². The summed E-state index contributed by atoms with van der Waals surface area (Å²) < 4.78 is 4.78. The van der Waals surface area contributed by atoms with Gasteiger partial charge in [-0.1, -0.05) is 31.4 Å². The summed E-state index contributed by atoms with van der Waals surface area (Å²) in [5, 5.41) is 0. The monoisotopic (exact) mass is 314 g/mol. The fourth-order valence-corrected chi connectivity index (χ4v) is 3.43. The van der Waals surface area contributed by atoms with Gasteiger partial charge in [0.05, 0.1) is 6.33 Å². The van der Waals surface area contributed by atoms with Crippen LogP contribution in [-0.2, 0) is 13.1 Å². The second-order valence-electron chi connectivity index (χ2n) is 6.00. The molecule has 0 atom stereocenters. The molecule has 1 aliphatic rings. The molecule has 0 unspecified atom stereocenters. The highest BCUT2D eigenvalue weighted by molar-refractivity contribution is 5.70. The van der Waals surface area contributed by atoms with E-state index in [9.17, 15) is 9.59 Å². The van der Waals surface area contributed by atoms with Crippen LogP contribution < -0.4 is 11.2 Å². The zero-order valence-corrected chi connectivity index (χ0v) is 13.3. The van der Waals surface area contributed by atoms with Crippen molar-refractivity contribution in [2.45, 2.75) is 51.2 Å². The fourth-order valence-electron chi connectivity index (χ4n) is 3.43. The van der Waals surface area contributed by atoms with Gasteiger partial charge in [-0.05, 0) is 12.8 Å². The van der Waals surface area contributed by atoms with Gasteiger partial charge in [0.1, 0.15) is 0 Å². The molecule has 2 heterocycles. The standard InChI is InChI=1S/C17H22N4O2/c1-3-10-19-15-14(16(22)20(11-4-2)17(19)23)18-12-21(15)13-8-6-5-7-9-13/h3-4,12-13H,1-2,5-11H2. The molecule has 1 saturated carbocycles. The van der Waals surface area contributed by atoms with Gasteiger partial charge in [0.25, 0.3) is 5.56 Å². The summed E-state index contributed by atoms with van der Waals surface area (Å²) >= 11 is 0. The summed E-state index contributed by atoms with van der Waals surface area (Å²) in [7, 11) is 0. The summed E-state index contributed by atoms with van der Waals surface area (Å²) in [6.45, 7) is 7.88. The first-order valence-electron chi connectivity index (χ1n) is 8.11. The van der Waals surface area contributed by atoms with Crippen LogP contribution in [0.5, 0.6) is 0 Å². The van der Waals surface area contributed by atoms with Gasteiger partial charge in [0.15, 0.2) is 11.2 Å². The van der Waals surface area contributed by atoms with E-state index in [0.29, 0.717) is 23.8 Å². The predicted octanol–water partition coefficient (Wildman–Crippen LogP) is 2.24. The van der Waals surface area contributed by atoms with Crippen molar-refractivity contribution in [3.05, 3.63) is 52.5 Å². The van der Waals surface area contributed by atoms with Crippen molar-refractivity contribution < 1.29 is 0 Å². The summed E-state index contributed by atoms with van der Waals surface area (Å²) in [5.74, 6) is 0. The molecule has 0 saturated heterocycles. The number of hydrogen-bond donors (Lipinski definition) is 0. The first kappa shape index (κ1) is 15.5. The largest absolute Gasteiger partial charge is 0.333 e. The second kappa shape index (κ2) is 6.40. The van der Waals surface area contributed by atoms with Gasteiger partial charge >= 0.3 is 5.69 Å². The average Bonchev–Trinajstić information content (AvgIpc) is 3.01. The zero-order chi connectivity index (χ0) is 16.4. The molecule has 2 aromatic rings. The van der Waals surface area contributed by atoms with E-state index >= 15 is 0 Å². The minimum Gasteiger partial charge on any atom is -0.313 e. The van der Waals surface area contributed by atoms with Crippen LogP contribution in [0.15, 0.2) is 41.2 Å². The zero-order valence-electron chi connectivity index (χ0n) is 13.3. The number of hydrogen-bond acceptors (Lipinski definition) is 3. The Morgan fingerprint density at radius 1 is 1.09 bits per heavy atom. The molecular formula is C17H22N4O2. The number of fused-ring (bicyclic) bond motifs is 1. The number of rotatable bonds is 5. The highest BCUT2D eigenvalue weighted by Gasteiger charge is 2.22. The van der Waals surface area contributed by atoms with Crippen molar-refractivity contribution in [1.29, 1.82) is 0 Å². The maximum Gasteiger partial charge on any atom is 0.333 e. The molecule has 6 nitrogen and oxygen atoms in total. The summed E-state index contributed by atoms with van der Waals surface area (Å²) in [6.07, 6.45) is 10.6. The van der Waals surface area contributed by atoms with E-state index < -0.39 is 0 Å². The molecule has 0 radical (unpaired) electrons. The van der Waals surface area contributed by atoms with Crippen molar-refractivity contribution in [3.63, 3.8) is 0 Å². The number of aromatic nitrogens is 4. The molecule has 3 rings (SSSR count). The minimum atomic E-state index is -0.347. The Labute approximate surface area is 134 Å². The summed E-state index contributed by atoms with van der Waals surface area (Å²) in [5.41, 5.74) is 0.283. The van der Waals surface area contributed by atoms with Crippen molar-refractivity contribution in [2.24, 2.45) is 0 Å². The van der Waals surface area contributed by atoms with E-state index in [0.717, 1.165) is 12.8 Å². The Kier molecular flexibility index (Phi) is 4.32. The van der Waals surface area contributed by atoms with Gasteiger partial charge in [-0.2, -0.15) is 0 Å². The van der Waals surface area contributed by atoms with E-state index in [1.165, 1.54) is 23.8 Å². The van der Waals surface area contributed by atoms with Crippen LogP contribution in [-0.4, -0.2) is 18.7 Å². The van der Waals surface area contributed by atoms with Gasteiger partial charge in [0, 0.05) is 19.1 Å². The number of imidazole rings is 1. The second-order valence-corrected chi connectivity index (χ2v) is 6.00. The van der Waals surface area contributed by atoms with Crippen LogP contribution in [0.1, 0.15) is 38.1 Å². The smallest absolute Gasteiger partial charge is 0.313 e. The van der Waals surface area contributed by atoms with Crippen molar-refractivity contribution in [2.75, 3.05) is 0 Å². The number of nitrogens with zero attached hydrogens (tertiary/aromatic N) is 4. The molecule has 0 aromatic carbocycles. The normalized spacial score (nSPS) is 15.8. The van der Waals surface area contributed by atoms with Gasteiger partial charge in [-0.15, -0.1) is 13.2 Å². The number of allylic oxidation sites excluding steroid dienone is 2. The third-order valence-electron chi connectivity index (χ3n) is 4.52. The Morgan fingerprint density at radius 2 is 1.74 bits per heavy atom. The maximum atomic E-state index is 12.7. The third kappa shape index (κ3) is 2.58. The minimum absolute atomic E-state index is 0.182. The van der Waals surface area contributed by atoms with Crippen LogP contribution in [0.25, 0.3) is 11.2 Å². The van der Waals surface area contributed by atoms with Crippen LogP contribution in [0.3, 0.4) is 0 Å². The first-order chi connectivity index (χ1) is 11.2. The molecular weight excluding hydrogens is 292 g/mol. The van der Waals surface area contributed by atoms with Crippen LogP contribution in [0, 0.1) is 0 Å². The van der Waals surface area contributed by atoms with Gasteiger partial charge in [-0.25, -0.2) is 9.78 Å². The lowest BCUT2D eigenvalue weighted by molar-refractivity contribution is 0.356. The van der Waals surface area contributed by atoms with Crippen molar-refractivity contribution >= 4 is 11.2 Å². The van der Waals surface area contributed by atoms with Crippen molar-refractivity contribution in [1.82, 2.24) is 18.7 Å². The Morgan fingerprint density at radius 3 is 2.39 bits per heavy atom. The lowest BCUT2D eigenvalue weighted by atomic mass is 9.95. The Bertz CT molecular complexity index is 850. The maximum absolute atomic E-state index is 12.7. The predicted molar refractivity (Wildman–Crippen MR) is 90.8 cm³/mol. The van der Waals surface area contributed by atoms with Gasteiger partial charge < -0.3 is 4.57 Å². The quantitative estimate of drug-likeness (QED) is 0.795. The fraction of sp³-hybridized carbons (Fsp3) is 0.471. The van der Waals surface area contributed by atoms with E-state index in [-0.39, 0.29) is 17.8 Å². The highest BCUT2D eigenvalue weighted by Crippen LogP contribution is 2.29. The average molecular weight is 314 g/mol. The Balaban J connectivity index is 2.29. The van der Waals surface area contributed by atoms with Gasteiger partial charge in [-0.3, -0.25) is 13.9 Å². The Hall–Kier alpha value is -2.37. The van der Waals surface area contributed by atoms with Crippen LogP contribution >= 0.6 is 0 Å². The van der Waals surface area contributed by atoms with Crippen molar-refractivity contribution in [3.8, 4) is 0 Å². The van der Waals surface area contributed by atoms with E-state index in [1.54, 1.807) is 23.0 Å². The molecule has 0 N–H and O–H groups in total. The molecule has 6 heteroatoms. The SMILES string of the molecule is C=CCn1c(=O)c2ncn(C3CCCCC3)c2n(CC=C)c1=O. The molecule has 0 spiro atoms. The molecule has 0 bridgehead atoms. The molecule has 122 valence electrons.